The quantitative estimate of drug-likeness (QED) is 0.921. The van der Waals surface area contributed by atoms with E-state index in [0.717, 1.165) is 38.1 Å². The molecule has 1 aromatic heterocycles. The number of halogens is 2. The van der Waals surface area contributed by atoms with E-state index in [0.29, 0.717) is 11.6 Å². The summed E-state index contributed by atoms with van der Waals surface area (Å²) in [6, 6.07) is 5.00. The maximum Gasteiger partial charge on any atom is 0.274 e. The molecule has 0 atom stereocenters. The Kier molecular flexibility index (Phi) is 5.21. The van der Waals surface area contributed by atoms with Crippen molar-refractivity contribution in [2.24, 2.45) is 0 Å². The van der Waals surface area contributed by atoms with E-state index in [1.807, 2.05) is 0 Å². The highest BCUT2D eigenvalue weighted by molar-refractivity contribution is 6.03. The molecule has 1 aliphatic heterocycles. The molecule has 2 heterocycles. The minimum Gasteiger partial charge on any atom is -0.356 e. The second kappa shape index (κ2) is 7.55. The zero-order chi connectivity index (χ0) is 17.8. The molecule has 2 aromatic rings. The van der Waals surface area contributed by atoms with Crippen LogP contribution in [0.25, 0.3) is 0 Å². The second-order valence-electron chi connectivity index (χ2n) is 6.11. The zero-order valence-electron chi connectivity index (χ0n) is 14.1. The van der Waals surface area contributed by atoms with E-state index >= 15 is 0 Å². The van der Waals surface area contributed by atoms with Gasteiger partial charge in [-0.05, 0) is 31.9 Å². The third-order valence-corrected chi connectivity index (χ3v) is 4.19. The van der Waals surface area contributed by atoms with E-state index in [2.05, 4.69) is 20.2 Å². The van der Waals surface area contributed by atoms with Crippen LogP contribution in [0.15, 0.2) is 24.3 Å². The van der Waals surface area contributed by atoms with Crippen LogP contribution in [-0.2, 0) is 0 Å². The molecule has 0 aliphatic carbocycles. The topological polar surface area (TPSA) is 58.1 Å². The average molecular weight is 346 g/mol. The van der Waals surface area contributed by atoms with Gasteiger partial charge in [-0.1, -0.05) is 18.9 Å². The van der Waals surface area contributed by atoms with Crippen molar-refractivity contribution in [3.8, 4) is 0 Å². The zero-order valence-corrected chi connectivity index (χ0v) is 14.1. The summed E-state index contributed by atoms with van der Waals surface area (Å²) < 4.78 is 27.5. The van der Waals surface area contributed by atoms with Crippen LogP contribution in [0.4, 0.5) is 20.3 Å². The number of carbonyl (C=O) groups excluding carboxylic acids is 1. The van der Waals surface area contributed by atoms with Gasteiger partial charge >= 0.3 is 0 Å². The van der Waals surface area contributed by atoms with E-state index in [-0.39, 0.29) is 5.69 Å². The Morgan fingerprint density at radius 2 is 1.72 bits per heavy atom. The van der Waals surface area contributed by atoms with Crippen LogP contribution in [-0.4, -0.2) is 29.0 Å². The smallest absolute Gasteiger partial charge is 0.274 e. The van der Waals surface area contributed by atoms with Crippen LogP contribution in [0.1, 0.15) is 42.0 Å². The Hall–Kier alpha value is -2.57. The molecule has 7 heteroatoms. The molecule has 5 nitrogen and oxygen atoms in total. The summed E-state index contributed by atoms with van der Waals surface area (Å²) in [6.45, 7) is 3.45. The lowest BCUT2D eigenvalue weighted by Gasteiger charge is -2.22. The number of benzene rings is 1. The molecule has 0 saturated carbocycles. The Morgan fingerprint density at radius 3 is 2.36 bits per heavy atom. The highest BCUT2D eigenvalue weighted by atomic mass is 19.1. The standard InChI is InChI=1S/C18H20F2N4O/c1-12-21-15(11-16(22-12)24-9-4-2-3-5-10-24)18(25)23-17-13(19)7-6-8-14(17)20/h6-8,11H,2-5,9-10H2,1H3,(H,23,25). The molecule has 1 amide bonds. The lowest BCUT2D eigenvalue weighted by molar-refractivity contribution is 0.102. The van der Waals surface area contributed by atoms with Crippen LogP contribution in [0.2, 0.25) is 0 Å². The maximum absolute atomic E-state index is 13.7. The van der Waals surface area contributed by atoms with Crippen LogP contribution in [0.3, 0.4) is 0 Å². The first kappa shape index (κ1) is 17.3. The SMILES string of the molecule is Cc1nc(C(=O)Nc2c(F)cccc2F)cc(N2CCCCCC2)n1. The molecule has 1 N–H and O–H groups in total. The largest absolute Gasteiger partial charge is 0.356 e. The summed E-state index contributed by atoms with van der Waals surface area (Å²) in [5.74, 6) is -1.20. The Morgan fingerprint density at radius 1 is 1.08 bits per heavy atom. The molecule has 25 heavy (non-hydrogen) atoms. The van der Waals surface area contributed by atoms with Crippen LogP contribution < -0.4 is 10.2 Å². The van der Waals surface area contributed by atoms with Gasteiger partial charge in [-0.25, -0.2) is 18.7 Å². The molecule has 3 rings (SSSR count). The minimum atomic E-state index is -0.827. The number of para-hydroxylation sites is 1. The number of anilines is 2. The number of nitrogens with one attached hydrogen (secondary N) is 1. The van der Waals surface area contributed by atoms with E-state index < -0.39 is 23.2 Å². The molecule has 132 valence electrons. The number of nitrogens with zero attached hydrogens (tertiary/aromatic N) is 3. The summed E-state index contributed by atoms with van der Waals surface area (Å²) in [4.78, 5) is 23.1. The van der Waals surface area contributed by atoms with Gasteiger partial charge in [-0.2, -0.15) is 0 Å². The van der Waals surface area contributed by atoms with Crippen LogP contribution in [0, 0.1) is 18.6 Å². The Balaban J connectivity index is 1.85. The summed E-state index contributed by atoms with van der Waals surface area (Å²) in [5, 5.41) is 2.27. The van der Waals surface area contributed by atoms with E-state index in [1.165, 1.54) is 18.9 Å². The van der Waals surface area contributed by atoms with Crippen molar-refractivity contribution in [1.82, 2.24) is 9.97 Å². The van der Waals surface area contributed by atoms with Gasteiger partial charge in [0.25, 0.3) is 5.91 Å². The first-order chi connectivity index (χ1) is 12.0. The first-order valence-corrected chi connectivity index (χ1v) is 8.40. The monoisotopic (exact) mass is 346 g/mol. The molecule has 0 unspecified atom stereocenters. The van der Waals surface area contributed by atoms with Crippen LogP contribution >= 0.6 is 0 Å². The van der Waals surface area contributed by atoms with Crippen molar-refractivity contribution in [3.05, 3.63) is 47.4 Å². The van der Waals surface area contributed by atoms with E-state index in [9.17, 15) is 13.6 Å². The van der Waals surface area contributed by atoms with Crippen molar-refractivity contribution in [3.63, 3.8) is 0 Å². The molecular formula is C18H20F2N4O. The first-order valence-electron chi connectivity index (χ1n) is 8.40. The van der Waals surface area contributed by atoms with E-state index in [1.54, 1.807) is 13.0 Å². The molecular weight excluding hydrogens is 326 g/mol. The Labute approximate surface area is 145 Å². The summed E-state index contributed by atoms with van der Waals surface area (Å²) >= 11 is 0. The molecule has 1 aliphatic rings. The lowest BCUT2D eigenvalue weighted by atomic mass is 10.2. The average Bonchev–Trinajstić information content (AvgIpc) is 2.87. The highest BCUT2D eigenvalue weighted by Gasteiger charge is 2.18. The molecule has 0 radical (unpaired) electrons. The number of carbonyl (C=O) groups is 1. The third kappa shape index (κ3) is 4.10. The maximum atomic E-state index is 13.7. The normalized spacial score (nSPS) is 14.9. The molecule has 1 aromatic carbocycles. The highest BCUT2D eigenvalue weighted by Crippen LogP contribution is 2.21. The molecule has 1 saturated heterocycles. The van der Waals surface area contributed by atoms with Crippen molar-refractivity contribution >= 4 is 17.4 Å². The van der Waals surface area contributed by atoms with E-state index in [4.69, 9.17) is 0 Å². The van der Waals surface area contributed by atoms with Crippen molar-refractivity contribution in [1.29, 1.82) is 0 Å². The van der Waals surface area contributed by atoms with Crippen molar-refractivity contribution in [2.45, 2.75) is 32.6 Å². The second-order valence-corrected chi connectivity index (χ2v) is 6.11. The fraction of sp³-hybridized carbons (Fsp3) is 0.389. The predicted octanol–water partition coefficient (Wildman–Crippen LogP) is 3.70. The van der Waals surface area contributed by atoms with Crippen molar-refractivity contribution in [2.75, 3.05) is 23.3 Å². The number of amides is 1. The predicted molar refractivity (Wildman–Crippen MR) is 91.8 cm³/mol. The minimum absolute atomic E-state index is 0.0920. The summed E-state index contributed by atoms with van der Waals surface area (Å²) in [5.41, 5.74) is -0.380. The van der Waals surface area contributed by atoms with Gasteiger partial charge < -0.3 is 10.2 Å². The van der Waals surface area contributed by atoms with Crippen molar-refractivity contribution < 1.29 is 13.6 Å². The molecule has 0 spiro atoms. The number of hydrogen-bond acceptors (Lipinski definition) is 4. The van der Waals surface area contributed by atoms with Gasteiger partial charge in [0.2, 0.25) is 0 Å². The molecule has 0 bridgehead atoms. The van der Waals surface area contributed by atoms with Gasteiger partial charge in [0, 0.05) is 19.2 Å². The molecule has 1 fully saturated rings. The summed E-state index contributed by atoms with van der Waals surface area (Å²) in [7, 11) is 0. The number of hydrogen-bond donors (Lipinski definition) is 1. The van der Waals surface area contributed by atoms with Gasteiger partial charge in [-0.15, -0.1) is 0 Å². The number of rotatable bonds is 3. The fourth-order valence-electron chi connectivity index (χ4n) is 2.92. The van der Waals surface area contributed by atoms with Gasteiger partial charge in [0.15, 0.2) is 0 Å². The van der Waals surface area contributed by atoms with Gasteiger partial charge in [0.1, 0.15) is 34.7 Å². The fourth-order valence-corrected chi connectivity index (χ4v) is 2.92. The summed E-state index contributed by atoms with van der Waals surface area (Å²) in [6.07, 6.45) is 4.51. The van der Waals surface area contributed by atoms with Gasteiger partial charge in [-0.3, -0.25) is 4.79 Å². The third-order valence-electron chi connectivity index (χ3n) is 4.19. The van der Waals surface area contributed by atoms with Gasteiger partial charge in [0.05, 0.1) is 0 Å². The number of aromatic nitrogens is 2. The number of aryl methyl sites for hydroxylation is 1. The Bertz CT molecular complexity index is 753. The van der Waals surface area contributed by atoms with Crippen LogP contribution in [0.5, 0.6) is 0 Å². The lowest BCUT2D eigenvalue weighted by Crippen LogP contribution is -2.26.